The predicted molar refractivity (Wildman–Crippen MR) is 66.8 cm³/mol. The van der Waals surface area contributed by atoms with E-state index >= 15 is 0 Å². The lowest BCUT2D eigenvalue weighted by Crippen LogP contribution is -2.09. The minimum absolute atomic E-state index is 0.0226. The largest absolute Gasteiger partial charge is 0.369 e. The number of ketones is 1. The molecule has 0 N–H and O–H groups in total. The first-order valence-corrected chi connectivity index (χ1v) is 5.76. The highest BCUT2D eigenvalue weighted by atomic mass is 19.1. The number of benzene rings is 2. The van der Waals surface area contributed by atoms with Crippen LogP contribution in [0.15, 0.2) is 48.5 Å². The molecule has 0 atom stereocenters. The number of ether oxygens (including phenoxy) is 1. The summed E-state index contributed by atoms with van der Waals surface area (Å²) in [6, 6.07) is 12.1. The van der Waals surface area contributed by atoms with Gasteiger partial charge in [-0.05, 0) is 17.7 Å². The van der Waals surface area contributed by atoms with E-state index in [4.69, 9.17) is 4.74 Å². The van der Waals surface area contributed by atoms with Gasteiger partial charge < -0.3 is 4.74 Å². The number of carbonyl (C=O) groups is 1. The van der Waals surface area contributed by atoms with Crippen molar-refractivity contribution in [2.75, 3.05) is 6.61 Å². The monoisotopic (exact) mass is 262 g/mol. The van der Waals surface area contributed by atoms with Gasteiger partial charge in [-0.2, -0.15) is 0 Å². The molecule has 0 radical (unpaired) electrons. The van der Waals surface area contributed by atoms with Gasteiger partial charge in [-0.25, -0.2) is 8.78 Å². The molecule has 2 rings (SSSR count). The van der Waals surface area contributed by atoms with Crippen LogP contribution in [0.25, 0.3) is 0 Å². The maximum absolute atomic E-state index is 12.9. The first-order chi connectivity index (χ1) is 9.15. The predicted octanol–water partition coefficient (Wildman–Crippen LogP) is 3.36. The molecular formula is C15H12F2O2. The van der Waals surface area contributed by atoms with Crippen LogP contribution in [0.5, 0.6) is 0 Å². The SMILES string of the molecule is O=C(COCc1ccccc1)c1cc(F)cc(F)c1. The summed E-state index contributed by atoms with van der Waals surface area (Å²) in [4.78, 5) is 11.7. The summed E-state index contributed by atoms with van der Waals surface area (Å²) >= 11 is 0. The summed E-state index contributed by atoms with van der Waals surface area (Å²) in [6.07, 6.45) is 0. The number of Topliss-reactive ketones (excluding diaryl/α,β-unsaturated/α-hetero) is 1. The molecule has 0 amide bonds. The van der Waals surface area contributed by atoms with Gasteiger partial charge in [0.15, 0.2) is 5.78 Å². The van der Waals surface area contributed by atoms with Crippen LogP contribution in [0.3, 0.4) is 0 Å². The topological polar surface area (TPSA) is 26.3 Å². The molecule has 0 aliphatic heterocycles. The molecule has 0 spiro atoms. The molecule has 98 valence electrons. The molecule has 0 saturated heterocycles. The number of rotatable bonds is 5. The van der Waals surface area contributed by atoms with E-state index in [2.05, 4.69) is 0 Å². The fraction of sp³-hybridized carbons (Fsp3) is 0.133. The van der Waals surface area contributed by atoms with E-state index in [-0.39, 0.29) is 18.8 Å². The van der Waals surface area contributed by atoms with Crippen LogP contribution in [-0.2, 0) is 11.3 Å². The minimum Gasteiger partial charge on any atom is -0.369 e. The van der Waals surface area contributed by atoms with Gasteiger partial charge in [0, 0.05) is 11.6 Å². The molecular weight excluding hydrogens is 250 g/mol. The Bertz CT molecular complexity index is 547. The molecule has 0 fully saturated rings. The second-order valence-electron chi connectivity index (χ2n) is 4.06. The van der Waals surface area contributed by atoms with Crippen molar-refractivity contribution >= 4 is 5.78 Å². The van der Waals surface area contributed by atoms with Crippen molar-refractivity contribution in [3.05, 3.63) is 71.3 Å². The third kappa shape index (κ3) is 3.96. The van der Waals surface area contributed by atoms with Gasteiger partial charge in [-0.3, -0.25) is 4.79 Å². The summed E-state index contributed by atoms with van der Waals surface area (Å²) < 4.78 is 31.1. The van der Waals surface area contributed by atoms with Gasteiger partial charge in [0.1, 0.15) is 18.2 Å². The van der Waals surface area contributed by atoms with Gasteiger partial charge in [0.25, 0.3) is 0 Å². The second-order valence-corrected chi connectivity index (χ2v) is 4.06. The molecule has 19 heavy (non-hydrogen) atoms. The summed E-state index contributed by atoms with van der Waals surface area (Å²) in [6.45, 7) is 0.0716. The Hall–Kier alpha value is -2.07. The molecule has 2 nitrogen and oxygen atoms in total. The highest BCUT2D eigenvalue weighted by Crippen LogP contribution is 2.09. The van der Waals surface area contributed by atoms with Crippen molar-refractivity contribution in [1.82, 2.24) is 0 Å². The zero-order valence-electron chi connectivity index (χ0n) is 10.1. The molecule has 2 aromatic rings. The lowest BCUT2D eigenvalue weighted by molar-refractivity contribution is 0.0726. The van der Waals surface area contributed by atoms with Crippen molar-refractivity contribution in [2.24, 2.45) is 0 Å². The maximum atomic E-state index is 12.9. The number of carbonyl (C=O) groups excluding carboxylic acids is 1. The van der Waals surface area contributed by atoms with E-state index < -0.39 is 17.4 Å². The highest BCUT2D eigenvalue weighted by Gasteiger charge is 2.09. The standard InChI is InChI=1S/C15H12F2O2/c16-13-6-12(7-14(17)8-13)15(18)10-19-9-11-4-2-1-3-5-11/h1-8H,9-10H2. The average molecular weight is 262 g/mol. The highest BCUT2D eigenvalue weighted by molar-refractivity contribution is 5.97. The summed E-state index contributed by atoms with van der Waals surface area (Å²) in [7, 11) is 0. The van der Waals surface area contributed by atoms with Gasteiger partial charge in [0.05, 0.1) is 6.61 Å². The number of hydrogen-bond acceptors (Lipinski definition) is 2. The molecule has 0 aliphatic rings. The summed E-state index contributed by atoms with van der Waals surface area (Å²) in [5.41, 5.74) is 0.909. The van der Waals surface area contributed by atoms with Crippen molar-refractivity contribution in [2.45, 2.75) is 6.61 Å². The first kappa shape index (κ1) is 13.4. The van der Waals surface area contributed by atoms with Crippen LogP contribution < -0.4 is 0 Å². The van der Waals surface area contributed by atoms with E-state index in [0.717, 1.165) is 23.8 Å². The van der Waals surface area contributed by atoms with Gasteiger partial charge in [-0.1, -0.05) is 30.3 Å². The fourth-order valence-electron chi connectivity index (χ4n) is 1.63. The van der Waals surface area contributed by atoms with Crippen LogP contribution in [0.1, 0.15) is 15.9 Å². The number of halogens is 2. The molecule has 4 heteroatoms. The zero-order chi connectivity index (χ0) is 13.7. The normalized spacial score (nSPS) is 10.4. The molecule has 0 saturated carbocycles. The van der Waals surface area contributed by atoms with E-state index in [0.29, 0.717) is 0 Å². The zero-order valence-corrected chi connectivity index (χ0v) is 10.1. The Morgan fingerprint density at radius 2 is 1.63 bits per heavy atom. The lowest BCUT2D eigenvalue weighted by atomic mass is 10.1. The van der Waals surface area contributed by atoms with Crippen LogP contribution in [0.4, 0.5) is 8.78 Å². The molecule has 0 aliphatic carbocycles. The van der Waals surface area contributed by atoms with Crippen LogP contribution in [0, 0.1) is 11.6 Å². The van der Waals surface area contributed by atoms with E-state index in [1.54, 1.807) is 0 Å². The molecule has 0 unspecified atom stereocenters. The van der Waals surface area contributed by atoms with E-state index in [9.17, 15) is 13.6 Å². The average Bonchev–Trinajstić information content (AvgIpc) is 2.38. The molecule has 2 aromatic carbocycles. The van der Waals surface area contributed by atoms with Crippen molar-refractivity contribution < 1.29 is 18.3 Å². The quantitative estimate of drug-likeness (QED) is 0.772. The first-order valence-electron chi connectivity index (χ1n) is 5.76. The van der Waals surface area contributed by atoms with Gasteiger partial charge in [0.2, 0.25) is 0 Å². The van der Waals surface area contributed by atoms with Crippen molar-refractivity contribution in [3.63, 3.8) is 0 Å². The maximum Gasteiger partial charge on any atom is 0.188 e. The second kappa shape index (κ2) is 6.20. The van der Waals surface area contributed by atoms with E-state index in [1.165, 1.54) is 0 Å². The third-order valence-electron chi connectivity index (χ3n) is 2.53. The number of hydrogen-bond donors (Lipinski definition) is 0. The van der Waals surface area contributed by atoms with Crippen molar-refractivity contribution in [1.29, 1.82) is 0 Å². The van der Waals surface area contributed by atoms with Gasteiger partial charge >= 0.3 is 0 Å². The van der Waals surface area contributed by atoms with Gasteiger partial charge in [-0.15, -0.1) is 0 Å². The molecule has 0 bridgehead atoms. The van der Waals surface area contributed by atoms with Crippen LogP contribution in [0.2, 0.25) is 0 Å². The van der Waals surface area contributed by atoms with Crippen LogP contribution >= 0.6 is 0 Å². The molecule has 0 heterocycles. The Morgan fingerprint density at radius 3 is 2.26 bits per heavy atom. The smallest absolute Gasteiger partial charge is 0.188 e. The van der Waals surface area contributed by atoms with E-state index in [1.807, 2.05) is 30.3 Å². The Kier molecular flexibility index (Phi) is 4.36. The Morgan fingerprint density at radius 1 is 1.00 bits per heavy atom. The Balaban J connectivity index is 1.91. The third-order valence-corrected chi connectivity index (χ3v) is 2.53. The summed E-state index contributed by atoms with van der Waals surface area (Å²) in [5.74, 6) is -1.99. The Labute approximate surface area is 109 Å². The van der Waals surface area contributed by atoms with Crippen LogP contribution in [-0.4, -0.2) is 12.4 Å². The van der Waals surface area contributed by atoms with Crippen molar-refractivity contribution in [3.8, 4) is 0 Å². The fourth-order valence-corrected chi connectivity index (χ4v) is 1.63. The lowest BCUT2D eigenvalue weighted by Gasteiger charge is -2.04. The molecule has 0 aromatic heterocycles. The minimum atomic E-state index is -0.772. The summed E-state index contributed by atoms with van der Waals surface area (Å²) in [5, 5.41) is 0.